The Morgan fingerprint density at radius 1 is 1.12 bits per heavy atom. The van der Waals surface area contributed by atoms with Gasteiger partial charge in [0.15, 0.2) is 0 Å². The maximum Gasteiger partial charge on any atom is 0.407 e. The van der Waals surface area contributed by atoms with Crippen LogP contribution in [0, 0.1) is 5.92 Å². The van der Waals surface area contributed by atoms with Crippen molar-refractivity contribution in [2.24, 2.45) is 5.92 Å². The summed E-state index contributed by atoms with van der Waals surface area (Å²) in [6.07, 6.45) is -4.61. The van der Waals surface area contributed by atoms with Crippen molar-refractivity contribution in [1.82, 2.24) is 10.2 Å². The fourth-order valence-corrected chi connectivity index (χ4v) is 4.17. The second-order valence-corrected chi connectivity index (χ2v) is 9.14. The lowest BCUT2D eigenvalue weighted by Gasteiger charge is -2.32. The Morgan fingerprint density at radius 2 is 1.88 bits per heavy atom. The smallest absolute Gasteiger partial charge is 0.407 e. The van der Waals surface area contributed by atoms with E-state index >= 15 is 0 Å². The number of likely N-dealkylation sites (N-methyl/N-ethyl adjacent to an activating group) is 1. The van der Waals surface area contributed by atoms with Gasteiger partial charge >= 0.3 is 12.1 Å². The molecule has 0 spiro atoms. The average Bonchev–Trinajstić information content (AvgIpc) is 3.12. The van der Waals surface area contributed by atoms with E-state index in [0.717, 1.165) is 17.6 Å². The van der Waals surface area contributed by atoms with Gasteiger partial charge in [0.25, 0.3) is 0 Å². The van der Waals surface area contributed by atoms with Crippen molar-refractivity contribution in [3.05, 3.63) is 42.0 Å². The number of aliphatic carboxylic acids is 1. The molecular weight excluding hydrogens is 451 g/mol. The third kappa shape index (κ3) is 5.13. The first-order valence-corrected chi connectivity index (χ1v) is 11.1. The molecule has 34 heavy (non-hydrogen) atoms. The predicted octanol–water partition coefficient (Wildman–Crippen LogP) is 4.92. The van der Waals surface area contributed by atoms with Crippen LogP contribution >= 0.6 is 0 Å². The number of nitrogens with one attached hydrogen (secondary N) is 1. The molecule has 2 aromatic carbocycles. The standard InChI is InChI=1S/C24H28F3N3O4/c1-14(2)10-19(23(31)32)28-22(24(25,26)27)15-4-6-17-18-12-16(30-9-8-29(3)13-33-30)5-7-20(18)34-21(17)11-15/h4-7,11-12,14,19,22,28H,8-10,13H2,1-3H3,(H,31,32)/t19-,22?/m0/s1. The molecule has 7 nitrogen and oxygen atoms in total. The molecule has 0 radical (unpaired) electrons. The molecule has 1 saturated heterocycles. The molecule has 2 N–H and O–H groups in total. The Hall–Kier alpha value is -2.82. The highest BCUT2D eigenvalue weighted by atomic mass is 19.4. The monoisotopic (exact) mass is 479 g/mol. The van der Waals surface area contributed by atoms with Gasteiger partial charge in [0.05, 0.1) is 12.2 Å². The molecule has 1 aromatic heterocycles. The molecule has 0 aliphatic carbocycles. The number of furan rings is 1. The van der Waals surface area contributed by atoms with Crippen LogP contribution in [0.2, 0.25) is 0 Å². The molecule has 1 aliphatic heterocycles. The summed E-state index contributed by atoms with van der Waals surface area (Å²) >= 11 is 0. The minimum atomic E-state index is -4.68. The quantitative estimate of drug-likeness (QED) is 0.498. The molecule has 1 aliphatic rings. The molecule has 10 heteroatoms. The molecule has 1 unspecified atom stereocenters. The van der Waals surface area contributed by atoms with Gasteiger partial charge in [-0.2, -0.15) is 13.2 Å². The predicted molar refractivity (Wildman–Crippen MR) is 122 cm³/mol. The van der Waals surface area contributed by atoms with Crippen LogP contribution in [0.3, 0.4) is 0 Å². The number of carboxylic acid groups (broad SMARTS) is 1. The Bertz CT molecular complexity index is 1170. The van der Waals surface area contributed by atoms with E-state index in [2.05, 4.69) is 5.32 Å². The van der Waals surface area contributed by atoms with Crippen LogP contribution in [-0.2, 0) is 9.63 Å². The van der Waals surface area contributed by atoms with Crippen LogP contribution in [0.5, 0.6) is 0 Å². The maximum atomic E-state index is 13.9. The van der Waals surface area contributed by atoms with Crippen LogP contribution in [0.25, 0.3) is 21.9 Å². The molecule has 1 fully saturated rings. The molecule has 184 valence electrons. The number of hydrogen-bond acceptors (Lipinski definition) is 6. The first-order chi connectivity index (χ1) is 16.0. The van der Waals surface area contributed by atoms with E-state index in [9.17, 15) is 23.1 Å². The van der Waals surface area contributed by atoms with Crippen molar-refractivity contribution < 1.29 is 32.3 Å². The van der Waals surface area contributed by atoms with Gasteiger partial charge < -0.3 is 9.52 Å². The van der Waals surface area contributed by atoms with Gasteiger partial charge in [-0.05, 0) is 49.2 Å². The van der Waals surface area contributed by atoms with Gasteiger partial charge in [0, 0.05) is 17.3 Å². The number of rotatable bonds is 7. The number of fused-ring (bicyclic) bond motifs is 3. The van der Waals surface area contributed by atoms with Gasteiger partial charge in [-0.15, -0.1) is 0 Å². The third-order valence-corrected chi connectivity index (χ3v) is 5.92. The lowest BCUT2D eigenvalue weighted by Crippen LogP contribution is -2.45. The topological polar surface area (TPSA) is 78.2 Å². The van der Waals surface area contributed by atoms with Crippen molar-refractivity contribution in [1.29, 1.82) is 0 Å². The number of alkyl halides is 3. The van der Waals surface area contributed by atoms with E-state index in [4.69, 9.17) is 9.25 Å². The van der Waals surface area contributed by atoms with Gasteiger partial charge in [0.1, 0.15) is 30.0 Å². The Balaban J connectivity index is 1.68. The second-order valence-electron chi connectivity index (χ2n) is 9.14. The summed E-state index contributed by atoms with van der Waals surface area (Å²) in [5.41, 5.74) is 1.58. The molecule has 0 saturated carbocycles. The lowest BCUT2D eigenvalue weighted by molar-refractivity contribution is -0.163. The molecule has 2 atom stereocenters. The van der Waals surface area contributed by atoms with Gasteiger partial charge in [-0.25, -0.2) is 0 Å². The van der Waals surface area contributed by atoms with E-state index in [1.54, 1.807) is 31.0 Å². The van der Waals surface area contributed by atoms with Crippen LogP contribution in [0.1, 0.15) is 31.9 Å². The number of halogens is 3. The minimum absolute atomic E-state index is 0.0753. The Labute approximate surface area is 195 Å². The zero-order valence-electron chi connectivity index (χ0n) is 19.2. The normalized spacial score (nSPS) is 17.6. The third-order valence-electron chi connectivity index (χ3n) is 5.92. The van der Waals surface area contributed by atoms with Crippen molar-refractivity contribution in [2.75, 3.05) is 31.9 Å². The van der Waals surface area contributed by atoms with Crippen molar-refractivity contribution in [2.45, 2.75) is 38.5 Å². The largest absolute Gasteiger partial charge is 0.480 e. The molecule has 4 rings (SSSR count). The van der Waals surface area contributed by atoms with Gasteiger partial charge in [-0.3, -0.25) is 24.9 Å². The Morgan fingerprint density at radius 3 is 2.50 bits per heavy atom. The van der Waals surface area contributed by atoms with Crippen molar-refractivity contribution >= 4 is 33.6 Å². The summed E-state index contributed by atoms with van der Waals surface area (Å²) in [7, 11) is 1.96. The second kappa shape index (κ2) is 9.44. The summed E-state index contributed by atoms with van der Waals surface area (Å²) in [5.74, 6) is -1.40. The Kier molecular flexibility index (Phi) is 6.75. The summed E-state index contributed by atoms with van der Waals surface area (Å²) in [6.45, 7) is 5.52. The van der Waals surface area contributed by atoms with Crippen molar-refractivity contribution in [3.8, 4) is 0 Å². The molecule has 0 amide bonds. The minimum Gasteiger partial charge on any atom is -0.480 e. The molecular formula is C24H28F3N3O4. The zero-order valence-corrected chi connectivity index (χ0v) is 19.2. The van der Waals surface area contributed by atoms with Crippen LogP contribution in [0.15, 0.2) is 40.8 Å². The zero-order chi connectivity index (χ0) is 24.6. The number of carbonyl (C=O) groups is 1. The highest BCUT2D eigenvalue weighted by Crippen LogP contribution is 2.38. The number of anilines is 1. The van der Waals surface area contributed by atoms with E-state index in [0.29, 0.717) is 29.8 Å². The summed E-state index contributed by atoms with van der Waals surface area (Å²) in [4.78, 5) is 19.4. The average molecular weight is 479 g/mol. The summed E-state index contributed by atoms with van der Waals surface area (Å²) in [6, 6.07) is 6.34. The highest BCUT2D eigenvalue weighted by Gasteiger charge is 2.43. The maximum absolute atomic E-state index is 13.9. The van der Waals surface area contributed by atoms with Crippen LogP contribution in [0.4, 0.5) is 18.9 Å². The number of hydrogen-bond donors (Lipinski definition) is 2. The SMILES string of the molecule is CC(C)C[C@H](NC(c1ccc2c(c1)oc1ccc(N3CCN(C)CO3)cc12)C(F)(F)F)C(=O)O. The van der Waals surface area contributed by atoms with Crippen molar-refractivity contribution in [3.63, 3.8) is 0 Å². The van der Waals surface area contributed by atoms with E-state index in [-0.39, 0.29) is 17.9 Å². The van der Waals surface area contributed by atoms with Crippen LogP contribution in [-0.4, -0.2) is 55.1 Å². The number of nitrogens with zero attached hydrogens (tertiary/aromatic N) is 2. The van der Waals surface area contributed by atoms with E-state index in [1.165, 1.54) is 12.1 Å². The lowest BCUT2D eigenvalue weighted by atomic mass is 9.99. The first-order valence-electron chi connectivity index (χ1n) is 11.1. The summed E-state index contributed by atoms with van der Waals surface area (Å²) < 4.78 is 47.7. The number of hydroxylamine groups is 1. The van der Waals surface area contributed by atoms with Crippen LogP contribution < -0.4 is 10.4 Å². The fraction of sp³-hybridized carbons (Fsp3) is 0.458. The van der Waals surface area contributed by atoms with Gasteiger partial charge in [0.2, 0.25) is 0 Å². The molecule has 0 bridgehead atoms. The van der Waals surface area contributed by atoms with E-state index in [1.807, 2.05) is 24.1 Å². The number of benzene rings is 2. The number of carboxylic acids is 1. The first kappa shape index (κ1) is 24.3. The summed E-state index contributed by atoms with van der Waals surface area (Å²) in [5, 5.41) is 15.0. The fourth-order valence-electron chi connectivity index (χ4n) is 4.17. The highest BCUT2D eigenvalue weighted by molar-refractivity contribution is 6.06. The molecule has 2 heterocycles. The molecule has 3 aromatic rings. The van der Waals surface area contributed by atoms with Gasteiger partial charge in [-0.1, -0.05) is 26.0 Å². The van der Waals surface area contributed by atoms with E-state index < -0.39 is 24.2 Å².